The lowest BCUT2D eigenvalue weighted by Gasteiger charge is -2.10. The number of carbonyl (C=O) groups is 1. The van der Waals surface area contributed by atoms with Crippen molar-refractivity contribution >= 4 is 44.9 Å². The third-order valence-electron chi connectivity index (χ3n) is 1.74. The van der Waals surface area contributed by atoms with Gasteiger partial charge in [0.15, 0.2) is 0 Å². The highest BCUT2D eigenvalue weighted by atomic mass is 35.5. The molecule has 1 rings (SSSR count). The van der Waals surface area contributed by atoms with Gasteiger partial charge in [0.2, 0.25) is 10.0 Å². The molecule has 0 fully saturated rings. The third-order valence-corrected chi connectivity index (χ3v) is 2.95. The van der Waals surface area contributed by atoms with Crippen LogP contribution in [0.1, 0.15) is 10.4 Å². The molecule has 1 N–H and O–H groups in total. The largest absolute Gasteiger partial charge is 0.465 e. The summed E-state index contributed by atoms with van der Waals surface area (Å²) in [6, 6.07) is 2.60. The zero-order valence-electron chi connectivity index (χ0n) is 8.95. The Morgan fingerprint density at radius 2 is 1.94 bits per heavy atom. The van der Waals surface area contributed by atoms with Crippen molar-refractivity contribution in [1.29, 1.82) is 0 Å². The lowest BCUT2D eigenvalue weighted by molar-refractivity contribution is 0.0601. The maximum Gasteiger partial charge on any atom is 0.339 e. The second-order valence-electron chi connectivity index (χ2n) is 3.18. The fraction of sp³-hybridized carbons (Fsp3) is 0.222. The van der Waals surface area contributed by atoms with Crippen molar-refractivity contribution in [1.82, 2.24) is 0 Å². The Balaban J connectivity index is 3.33. The maximum atomic E-state index is 11.4. The van der Waals surface area contributed by atoms with E-state index in [9.17, 15) is 13.2 Å². The molecule has 0 aromatic heterocycles. The molecule has 0 atom stereocenters. The van der Waals surface area contributed by atoms with Crippen LogP contribution in [0.2, 0.25) is 10.0 Å². The summed E-state index contributed by atoms with van der Waals surface area (Å²) < 4.78 is 28.8. The van der Waals surface area contributed by atoms with Crippen molar-refractivity contribution < 1.29 is 17.9 Å². The van der Waals surface area contributed by atoms with Crippen LogP contribution in [-0.2, 0) is 14.8 Å². The lowest BCUT2D eigenvalue weighted by Crippen LogP contribution is -2.11. The molecule has 17 heavy (non-hydrogen) atoms. The minimum absolute atomic E-state index is 0.00665. The van der Waals surface area contributed by atoms with E-state index in [1.807, 2.05) is 0 Å². The normalized spacial score (nSPS) is 11.1. The van der Waals surface area contributed by atoms with Crippen LogP contribution in [0.5, 0.6) is 0 Å². The second kappa shape index (κ2) is 5.12. The molecular formula is C9H9Cl2NO4S. The first-order chi connectivity index (χ1) is 7.74. The van der Waals surface area contributed by atoms with Gasteiger partial charge in [-0.2, -0.15) is 0 Å². The van der Waals surface area contributed by atoms with Gasteiger partial charge in [0, 0.05) is 5.02 Å². The molecule has 0 unspecified atom stereocenters. The Bertz CT molecular complexity index is 556. The van der Waals surface area contributed by atoms with Crippen LogP contribution < -0.4 is 4.72 Å². The molecule has 94 valence electrons. The minimum Gasteiger partial charge on any atom is -0.465 e. The summed E-state index contributed by atoms with van der Waals surface area (Å²) >= 11 is 11.6. The summed E-state index contributed by atoms with van der Waals surface area (Å²) in [4.78, 5) is 11.4. The third kappa shape index (κ3) is 3.76. The van der Waals surface area contributed by atoms with Crippen molar-refractivity contribution in [2.45, 2.75) is 0 Å². The first-order valence-corrected chi connectivity index (χ1v) is 6.94. The number of benzene rings is 1. The molecule has 1 aromatic rings. The van der Waals surface area contributed by atoms with Gasteiger partial charge in [0.05, 0.1) is 29.6 Å². The van der Waals surface area contributed by atoms with Crippen molar-refractivity contribution in [2.75, 3.05) is 18.1 Å². The number of halogens is 2. The molecule has 0 radical (unpaired) electrons. The average molecular weight is 298 g/mol. The van der Waals surface area contributed by atoms with Crippen molar-refractivity contribution in [2.24, 2.45) is 0 Å². The Morgan fingerprint density at radius 1 is 1.35 bits per heavy atom. The van der Waals surface area contributed by atoms with Crippen molar-refractivity contribution in [3.05, 3.63) is 27.7 Å². The van der Waals surface area contributed by atoms with Crippen LogP contribution in [0.25, 0.3) is 0 Å². The number of carbonyl (C=O) groups excluding carboxylic acids is 1. The molecule has 0 saturated heterocycles. The van der Waals surface area contributed by atoms with Crippen LogP contribution >= 0.6 is 23.2 Å². The fourth-order valence-electron chi connectivity index (χ4n) is 1.12. The molecule has 0 aliphatic heterocycles. The van der Waals surface area contributed by atoms with E-state index in [2.05, 4.69) is 9.46 Å². The van der Waals surface area contributed by atoms with Crippen molar-refractivity contribution in [3.63, 3.8) is 0 Å². The number of anilines is 1. The zero-order valence-corrected chi connectivity index (χ0v) is 11.3. The standard InChI is InChI=1S/C9H9Cl2NO4S/c1-16-9(13)6-3-5(10)4-7(8(6)11)12-17(2,14)15/h3-4,12H,1-2H3. The van der Waals surface area contributed by atoms with Gasteiger partial charge in [-0.1, -0.05) is 23.2 Å². The first-order valence-electron chi connectivity index (χ1n) is 4.29. The van der Waals surface area contributed by atoms with Gasteiger partial charge in [0.1, 0.15) is 0 Å². The number of hydrogen-bond donors (Lipinski definition) is 1. The summed E-state index contributed by atoms with van der Waals surface area (Å²) in [6.07, 6.45) is 0.960. The van der Waals surface area contributed by atoms with E-state index in [4.69, 9.17) is 23.2 Å². The number of sulfonamides is 1. The van der Waals surface area contributed by atoms with Crippen LogP contribution in [0.15, 0.2) is 12.1 Å². The zero-order chi connectivity index (χ0) is 13.2. The quantitative estimate of drug-likeness (QED) is 0.868. The number of ether oxygens (including phenoxy) is 1. The van der Waals surface area contributed by atoms with Crippen LogP contribution in [-0.4, -0.2) is 27.8 Å². The highest BCUT2D eigenvalue weighted by Gasteiger charge is 2.17. The van der Waals surface area contributed by atoms with Crippen molar-refractivity contribution in [3.8, 4) is 0 Å². The van der Waals surface area contributed by atoms with Gasteiger partial charge < -0.3 is 4.74 Å². The Kier molecular flexibility index (Phi) is 4.24. The monoisotopic (exact) mass is 297 g/mol. The number of rotatable bonds is 3. The van der Waals surface area contributed by atoms with Crippen LogP contribution in [0.4, 0.5) is 5.69 Å². The smallest absolute Gasteiger partial charge is 0.339 e. The van der Waals surface area contributed by atoms with Gasteiger partial charge in [-0.3, -0.25) is 4.72 Å². The Morgan fingerprint density at radius 3 is 2.41 bits per heavy atom. The van der Waals surface area contributed by atoms with Gasteiger partial charge in [-0.05, 0) is 12.1 Å². The van der Waals surface area contributed by atoms with E-state index in [1.54, 1.807) is 0 Å². The molecule has 5 nitrogen and oxygen atoms in total. The lowest BCUT2D eigenvalue weighted by atomic mass is 10.2. The summed E-state index contributed by atoms with van der Waals surface area (Å²) in [5.74, 6) is -0.700. The van der Waals surface area contributed by atoms with E-state index >= 15 is 0 Å². The summed E-state index contributed by atoms with van der Waals surface area (Å²) in [7, 11) is -2.33. The van der Waals surface area contributed by atoms with Gasteiger partial charge >= 0.3 is 5.97 Å². The van der Waals surface area contributed by atoms with Crippen LogP contribution in [0, 0.1) is 0 Å². The average Bonchev–Trinajstić information content (AvgIpc) is 2.19. The predicted molar refractivity (Wildman–Crippen MR) is 66.3 cm³/mol. The Labute approximate surface area is 109 Å². The molecule has 0 heterocycles. The summed E-state index contributed by atoms with van der Waals surface area (Å²) in [5.41, 5.74) is 0.0230. The van der Waals surface area contributed by atoms with Gasteiger partial charge in [-0.15, -0.1) is 0 Å². The minimum atomic E-state index is -3.51. The summed E-state index contributed by atoms with van der Waals surface area (Å²) in [6.45, 7) is 0. The number of methoxy groups -OCH3 is 1. The van der Waals surface area contributed by atoms with E-state index in [1.165, 1.54) is 19.2 Å². The molecule has 0 aliphatic carbocycles. The van der Waals surface area contributed by atoms with Crippen LogP contribution in [0.3, 0.4) is 0 Å². The first kappa shape index (κ1) is 14.1. The van der Waals surface area contributed by atoms with E-state index in [0.717, 1.165) is 6.26 Å². The van der Waals surface area contributed by atoms with E-state index < -0.39 is 16.0 Å². The second-order valence-corrected chi connectivity index (χ2v) is 5.74. The van der Waals surface area contributed by atoms with Gasteiger partial charge in [-0.25, -0.2) is 13.2 Å². The van der Waals surface area contributed by atoms with E-state index in [0.29, 0.717) is 0 Å². The predicted octanol–water partition coefficient (Wildman–Crippen LogP) is 2.15. The number of nitrogens with one attached hydrogen (secondary N) is 1. The molecule has 0 aliphatic rings. The molecule has 0 amide bonds. The van der Waals surface area contributed by atoms with Gasteiger partial charge in [0.25, 0.3) is 0 Å². The SMILES string of the molecule is COC(=O)c1cc(Cl)cc(NS(C)(=O)=O)c1Cl. The topological polar surface area (TPSA) is 72.5 Å². The highest BCUT2D eigenvalue weighted by molar-refractivity contribution is 7.92. The molecule has 0 bridgehead atoms. The fourth-order valence-corrected chi connectivity index (χ4v) is 2.19. The highest BCUT2D eigenvalue weighted by Crippen LogP contribution is 2.31. The maximum absolute atomic E-state index is 11.4. The molecule has 0 saturated carbocycles. The molecule has 1 aromatic carbocycles. The molecule has 8 heteroatoms. The molecule has 0 spiro atoms. The molecular weight excluding hydrogens is 289 g/mol. The summed E-state index contributed by atoms with van der Waals surface area (Å²) in [5, 5.41) is 0.104. The number of hydrogen-bond acceptors (Lipinski definition) is 4. The number of esters is 1. The van der Waals surface area contributed by atoms with E-state index in [-0.39, 0.29) is 21.3 Å². The Hall–Kier alpha value is -0.980.